The molecule has 24 heteroatoms. The molecule has 1 heterocycles. The Morgan fingerprint density at radius 2 is 1.05 bits per heavy atom. The molecule has 12 atom stereocenters. The number of nitrogens with one attached hydrogen (secondary N) is 4. The summed E-state index contributed by atoms with van der Waals surface area (Å²) in [4.78, 5) is 164. The third-order valence-electron chi connectivity index (χ3n) is 14.5. The van der Waals surface area contributed by atoms with Crippen molar-refractivity contribution in [2.24, 2.45) is 23.7 Å². The Hall–Kier alpha value is -6.43. The van der Waals surface area contributed by atoms with Gasteiger partial charge >= 0.3 is 0 Å². The van der Waals surface area contributed by atoms with Crippen LogP contribution < -0.4 is 21.3 Å². The molecule has 1 rings (SSSR count). The van der Waals surface area contributed by atoms with E-state index in [4.69, 9.17) is 0 Å². The number of amides is 11. The Morgan fingerprint density at radius 3 is 1.51 bits per heavy atom. The maximum absolute atomic E-state index is 15.0. The lowest BCUT2D eigenvalue weighted by atomic mass is 9.91. The first-order valence-electron chi connectivity index (χ1n) is 27.6. The second-order valence-electron chi connectivity index (χ2n) is 22.8. The summed E-state index contributed by atoms with van der Waals surface area (Å²) in [6, 6.07) is -12.1. The SMILES string of the molecule is C=C(C)[C@@H]1NC(=O)[C@H]([C@@H](C)O)N(C)C(=O)CN(C)C(=O)[C@H](CC)NC(=O)[C@H]([C@H](O)[C@H](C)C/C=C/C)N(C)C(=O)[C@H](C(C)C)N(C)C(=O)[C@@H](CC(C)C)N(C)C(=O)[C@H](CC(C)C)N(C)C(=O)[C@@H](C)NC(=O)[C@H](C)NC(=O)CN(C)C1=O. The number of carbonyl (C=O) groups is 11. The van der Waals surface area contributed by atoms with Crippen LogP contribution >= 0.6 is 0 Å². The first-order valence-corrected chi connectivity index (χ1v) is 27.6. The summed E-state index contributed by atoms with van der Waals surface area (Å²) in [5.41, 5.74) is 0.119. The van der Waals surface area contributed by atoms with Gasteiger partial charge in [-0.1, -0.05) is 74.1 Å². The molecule has 1 saturated heterocycles. The van der Waals surface area contributed by atoms with Crippen LogP contribution in [0.1, 0.15) is 116 Å². The fourth-order valence-electron chi connectivity index (χ4n) is 9.58. The summed E-state index contributed by atoms with van der Waals surface area (Å²) in [6.07, 6.45) is 1.02. The molecular formula is C56H97N11O13. The number of nitrogens with zero attached hydrogens (tertiary/aromatic N) is 7. The van der Waals surface area contributed by atoms with Crippen LogP contribution in [0.15, 0.2) is 24.3 Å². The van der Waals surface area contributed by atoms with E-state index in [0.717, 1.165) is 19.6 Å². The van der Waals surface area contributed by atoms with Crippen molar-refractivity contribution in [3.63, 3.8) is 0 Å². The van der Waals surface area contributed by atoms with Crippen molar-refractivity contribution in [3.8, 4) is 0 Å². The van der Waals surface area contributed by atoms with E-state index in [1.165, 1.54) is 91.7 Å². The number of rotatable bonds is 12. The molecule has 0 bridgehead atoms. The van der Waals surface area contributed by atoms with Crippen LogP contribution in [0.5, 0.6) is 0 Å². The van der Waals surface area contributed by atoms with Gasteiger partial charge in [-0.05, 0) is 89.5 Å². The quantitative estimate of drug-likeness (QED) is 0.142. The van der Waals surface area contributed by atoms with Gasteiger partial charge < -0.3 is 65.8 Å². The van der Waals surface area contributed by atoms with Crippen molar-refractivity contribution in [1.29, 1.82) is 0 Å². The monoisotopic (exact) mass is 1130 g/mol. The van der Waals surface area contributed by atoms with Gasteiger partial charge in [-0.3, -0.25) is 52.7 Å². The smallest absolute Gasteiger partial charge is 0.249 e. The van der Waals surface area contributed by atoms with Gasteiger partial charge in [0.05, 0.1) is 25.3 Å². The van der Waals surface area contributed by atoms with Gasteiger partial charge in [0.15, 0.2) is 0 Å². The van der Waals surface area contributed by atoms with Crippen molar-refractivity contribution in [1.82, 2.24) is 55.6 Å². The third-order valence-corrected chi connectivity index (χ3v) is 14.5. The van der Waals surface area contributed by atoms with E-state index in [1.54, 1.807) is 46.8 Å². The van der Waals surface area contributed by atoms with Crippen LogP contribution in [-0.2, 0) is 52.7 Å². The molecule has 1 fully saturated rings. The van der Waals surface area contributed by atoms with Crippen molar-refractivity contribution in [3.05, 3.63) is 24.3 Å². The van der Waals surface area contributed by atoms with Gasteiger partial charge in [-0.15, -0.1) is 0 Å². The molecule has 454 valence electrons. The lowest BCUT2D eigenvalue weighted by Crippen LogP contribution is -2.63. The van der Waals surface area contributed by atoms with Crippen molar-refractivity contribution in [2.75, 3.05) is 62.4 Å². The van der Waals surface area contributed by atoms with E-state index < -0.39 is 156 Å². The Balaban J connectivity index is 4.19. The molecule has 6 N–H and O–H groups in total. The third kappa shape index (κ3) is 19.4. The Labute approximate surface area is 474 Å². The van der Waals surface area contributed by atoms with Crippen molar-refractivity contribution < 1.29 is 63.0 Å². The first kappa shape index (κ1) is 71.6. The lowest BCUT2D eigenvalue weighted by molar-refractivity contribution is -0.157. The molecule has 24 nitrogen and oxygen atoms in total. The summed E-state index contributed by atoms with van der Waals surface area (Å²) >= 11 is 0. The Kier molecular flexibility index (Phi) is 28.7. The summed E-state index contributed by atoms with van der Waals surface area (Å²) < 4.78 is 0. The van der Waals surface area contributed by atoms with Gasteiger partial charge in [-0.25, -0.2) is 0 Å². The Bertz CT molecular complexity index is 2260. The number of hydrogen-bond donors (Lipinski definition) is 6. The minimum Gasteiger partial charge on any atom is -0.391 e. The molecule has 11 amide bonds. The number of allylic oxidation sites excluding steroid dienone is 2. The van der Waals surface area contributed by atoms with Crippen LogP contribution in [0.4, 0.5) is 0 Å². The van der Waals surface area contributed by atoms with Crippen molar-refractivity contribution in [2.45, 2.75) is 182 Å². The zero-order valence-electron chi connectivity index (χ0n) is 51.3. The normalized spacial score (nSPS) is 27.0. The standard InChI is InChI=1S/C56H97N11O13/c1-22-24-25-34(11)47(71)46-50(74)59-38(23-2)52(76)62(16)29-42(70)65(19)45(37(14)68)49(73)60-43(32(7)8)55(79)61(15)28-41(69)57-35(12)48(72)58-36(13)51(75)63(17)39(26-30(3)4)53(77)64(18)40(27-31(5)6)54(78)66(20)44(33(9)10)56(80)67(46)21/h22,24,30-31,33-40,43-47,68,71H,7,23,25-29H2,1-6,8-21H3,(H,57,69)(H,58,72)(H,59,74)(H,60,73)/b24-22+/t34-,35+,36-,37-,38+,39+,40-,43+,44+,45+,46+,47-/m1/s1. The average Bonchev–Trinajstić information content (AvgIpc) is 3.36. The minimum absolute atomic E-state index is 0.0247. The largest absolute Gasteiger partial charge is 0.391 e. The maximum Gasteiger partial charge on any atom is 0.249 e. The topological polar surface area (TPSA) is 299 Å². The molecule has 0 aromatic carbocycles. The van der Waals surface area contributed by atoms with E-state index in [9.17, 15) is 53.4 Å². The summed E-state index contributed by atoms with van der Waals surface area (Å²) in [6.45, 7) is 23.8. The summed E-state index contributed by atoms with van der Waals surface area (Å²) in [5.74, 6) is -10.1. The molecule has 1 aliphatic heterocycles. The predicted octanol–water partition coefficient (Wildman–Crippen LogP) is 0.109. The second kappa shape index (κ2) is 32.1. The Morgan fingerprint density at radius 1 is 0.575 bits per heavy atom. The van der Waals surface area contributed by atoms with Crippen LogP contribution in [0, 0.1) is 23.7 Å². The fourth-order valence-corrected chi connectivity index (χ4v) is 9.58. The predicted molar refractivity (Wildman–Crippen MR) is 302 cm³/mol. The zero-order valence-corrected chi connectivity index (χ0v) is 51.3. The molecule has 0 unspecified atom stereocenters. The van der Waals surface area contributed by atoms with Crippen LogP contribution in [0.3, 0.4) is 0 Å². The van der Waals surface area contributed by atoms with Crippen molar-refractivity contribution >= 4 is 65.0 Å². The number of hydrogen-bond acceptors (Lipinski definition) is 13. The number of likely N-dealkylation sites (N-methyl/N-ethyl adjacent to an activating group) is 7. The molecule has 0 spiro atoms. The van der Waals surface area contributed by atoms with Gasteiger partial charge in [0.1, 0.15) is 54.4 Å². The highest BCUT2D eigenvalue weighted by molar-refractivity contribution is 5.99. The second-order valence-corrected chi connectivity index (χ2v) is 22.8. The average molecular weight is 1130 g/mol. The molecule has 1 aliphatic rings. The van der Waals surface area contributed by atoms with Gasteiger partial charge in [-0.2, -0.15) is 0 Å². The van der Waals surface area contributed by atoms with Gasteiger partial charge in [0.2, 0.25) is 65.0 Å². The van der Waals surface area contributed by atoms with E-state index in [0.29, 0.717) is 0 Å². The fraction of sp³-hybridized carbons (Fsp3) is 0.732. The minimum atomic E-state index is -1.64. The molecule has 80 heavy (non-hydrogen) atoms. The van der Waals surface area contributed by atoms with E-state index in [2.05, 4.69) is 27.8 Å². The van der Waals surface area contributed by atoms with Gasteiger partial charge in [0.25, 0.3) is 0 Å². The van der Waals surface area contributed by atoms with Crippen LogP contribution in [0.2, 0.25) is 0 Å². The maximum atomic E-state index is 15.0. The number of aliphatic hydroxyl groups excluding tert-OH is 2. The zero-order chi connectivity index (χ0) is 62.1. The summed E-state index contributed by atoms with van der Waals surface area (Å²) in [5, 5.41) is 33.1. The van der Waals surface area contributed by atoms with E-state index >= 15 is 9.59 Å². The highest BCUT2D eigenvalue weighted by Gasteiger charge is 2.45. The molecule has 0 aromatic rings. The number of aliphatic hydroxyl groups is 2. The highest BCUT2D eigenvalue weighted by atomic mass is 16.3. The highest BCUT2D eigenvalue weighted by Crippen LogP contribution is 2.25. The van der Waals surface area contributed by atoms with Crippen LogP contribution in [0.25, 0.3) is 0 Å². The first-order chi connectivity index (χ1) is 36.9. The lowest BCUT2D eigenvalue weighted by Gasteiger charge is -2.41. The van der Waals surface area contributed by atoms with E-state index in [-0.39, 0.29) is 43.1 Å². The molecule has 0 saturated carbocycles. The molecule has 0 aliphatic carbocycles. The van der Waals surface area contributed by atoms with Crippen LogP contribution in [-0.4, -0.2) is 238 Å². The molecule has 0 radical (unpaired) electrons. The summed E-state index contributed by atoms with van der Waals surface area (Å²) in [7, 11) is 9.34. The van der Waals surface area contributed by atoms with Gasteiger partial charge in [0, 0.05) is 49.3 Å². The van der Waals surface area contributed by atoms with E-state index in [1.807, 2.05) is 27.7 Å². The molecule has 0 aromatic heterocycles. The number of carbonyl (C=O) groups excluding carboxylic acids is 11. The molecular weight excluding hydrogens is 1030 g/mol.